The summed E-state index contributed by atoms with van der Waals surface area (Å²) >= 11 is 3.53. The van der Waals surface area contributed by atoms with E-state index in [0.717, 1.165) is 10.2 Å². The quantitative estimate of drug-likeness (QED) is 0.907. The highest BCUT2D eigenvalue weighted by Crippen LogP contribution is 2.24. The van der Waals surface area contributed by atoms with Gasteiger partial charge in [0.05, 0.1) is 12.0 Å². The summed E-state index contributed by atoms with van der Waals surface area (Å²) in [4.78, 5) is 0. The van der Waals surface area contributed by atoms with Crippen molar-refractivity contribution in [1.29, 1.82) is 5.26 Å². The molecule has 1 atom stereocenters. The van der Waals surface area contributed by atoms with Crippen molar-refractivity contribution in [2.75, 3.05) is 11.9 Å². The number of halogens is 1. The van der Waals surface area contributed by atoms with Crippen molar-refractivity contribution in [3.63, 3.8) is 0 Å². The Labute approximate surface area is 99.4 Å². The van der Waals surface area contributed by atoms with Gasteiger partial charge in [0.25, 0.3) is 0 Å². The molecule has 0 aliphatic carbocycles. The van der Waals surface area contributed by atoms with E-state index in [4.69, 9.17) is 5.26 Å². The first-order valence-electron chi connectivity index (χ1n) is 4.95. The second-order valence-corrected chi connectivity index (χ2v) is 4.63. The van der Waals surface area contributed by atoms with Gasteiger partial charge in [-0.15, -0.1) is 0 Å². The predicted molar refractivity (Wildman–Crippen MR) is 66.9 cm³/mol. The van der Waals surface area contributed by atoms with Crippen molar-refractivity contribution in [3.05, 3.63) is 27.7 Å². The van der Waals surface area contributed by atoms with Gasteiger partial charge in [0, 0.05) is 16.7 Å². The Bertz CT molecular complexity index is 370. The van der Waals surface area contributed by atoms with Crippen LogP contribution in [0.1, 0.15) is 18.1 Å². The first kappa shape index (κ1) is 12.1. The molecule has 0 heterocycles. The first-order valence-corrected chi connectivity index (χ1v) is 5.74. The van der Waals surface area contributed by atoms with E-state index in [-0.39, 0.29) is 5.92 Å². The van der Waals surface area contributed by atoms with Crippen molar-refractivity contribution < 1.29 is 0 Å². The van der Waals surface area contributed by atoms with E-state index in [1.807, 2.05) is 6.92 Å². The van der Waals surface area contributed by atoms with Gasteiger partial charge in [-0.2, -0.15) is 5.26 Å². The molecule has 1 aromatic carbocycles. The van der Waals surface area contributed by atoms with Gasteiger partial charge in [-0.05, 0) is 44.0 Å². The average molecular weight is 267 g/mol. The van der Waals surface area contributed by atoms with Gasteiger partial charge in [-0.1, -0.05) is 15.9 Å². The van der Waals surface area contributed by atoms with Crippen molar-refractivity contribution >= 4 is 21.6 Å². The predicted octanol–water partition coefficient (Wildman–Crippen LogP) is 3.64. The molecule has 0 fully saturated rings. The largest absolute Gasteiger partial charge is 0.384 e. The Balaban J connectivity index is 2.76. The average Bonchev–Trinajstić information content (AvgIpc) is 2.22. The number of hydrogen-bond acceptors (Lipinski definition) is 2. The normalized spacial score (nSPS) is 11.9. The molecule has 0 saturated heterocycles. The minimum Gasteiger partial charge on any atom is -0.384 e. The lowest BCUT2D eigenvalue weighted by atomic mass is 10.1. The van der Waals surface area contributed by atoms with E-state index in [1.165, 1.54) is 11.1 Å². The van der Waals surface area contributed by atoms with E-state index in [2.05, 4.69) is 53.3 Å². The van der Waals surface area contributed by atoms with Gasteiger partial charge in [0.15, 0.2) is 0 Å². The third kappa shape index (κ3) is 3.24. The maximum absolute atomic E-state index is 8.67. The Hall–Kier alpha value is -1.01. The molecule has 0 aliphatic rings. The Kier molecular flexibility index (Phi) is 4.16. The zero-order valence-electron chi connectivity index (χ0n) is 9.26. The first-order chi connectivity index (χ1) is 7.04. The van der Waals surface area contributed by atoms with E-state index < -0.39 is 0 Å². The van der Waals surface area contributed by atoms with Crippen molar-refractivity contribution in [3.8, 4) is 6.07 Å². The number of nitriles is 1. The summed E-state index contributed by atoms with van der Waals surface area (Å²) in [5, 5.41) is 11.9. The van der Waals surface area contributed by atoms with E-state index in [1.54, 1.807) is 0 Å². The number of nitrogens with one attached hydrogen (secondary N) is 1. The number of rotatable bonds is 3. The van der Waals surface area contributed by atoms with Gasteiger partial charge in [-0.25, -0.2) is 0 Å². The molecule has 80 valence electrons. The molecule has 0 amide bonds. The second-order valence-electron chi connectivity index (χ2n) is 3.84. The fourth-order valence-corrected chi connectivity index (χ4v) is 1.59. The summed E-state index contributed by atoms with van der Waals surface area (Å²) in [5.74, 6) is 0.0364. The van der Waals surface area contributed by atoms with Crippen LogP contribution in [0.3, 0.4) is 0 Å². The molecule has 0 bridgehead atoms. The number of nitrogens with zero attached hydrogens (tertiary/aromatic N) is 1. The zero-order valence-corrected chi connectivity index (χ0v) is 10.9. The van der Waals surface area contributed by atoms with Crippen LogP contribution in [0.5, 0.6) is 0 Å². The van der Waals surface area contributed by atoms with Crippen LogP contribution in [-0.2, 0) is 0 Å². The van der Waals surface area contributed by atoms with Crippen LogP contribution >= 0.6 is 15.9 Å². The number of hydrogen-bond donors (Lipinski definition) is 1. The zero-order chi connectivity index (χ0) is 11.4. The van der Waals surface area contributed by atoms with Gasteiger partial charge in [-0.3, -0.25) is 0 Å². The van der Waals surface area contributed by atoms with E-state index in [0.29, 0.717) is 6.54 Å². The van der Waals surface area contributed by atoms with Gasteiger partial charge >= 0.3 is 0 Å². The summed E-state index contributed by atoms with van der Waals surface area (Å²) in [6.45, 7) is 6.73. The molecule has 0 aliphatic heterocycles. The van der Waals surface area contributed by atoms with Crippen LogP contribution < -0.4 is 5.32 Å². The number of anilines is 1. The maximum atomic E-state index is 8.67. The van der Waals surface area contributed by atoms with Crippen LogP contribution in [0.15, 0.2) is 16.6 Å². The standard InChI is InChI=1S/C12H15BrN2/c1-8(6-14)7-15-11-4-9(2)12(13)10(3)5-11/h4-5,8,15H,7H2,1-3H3. The van der Waals surface area contributed by atoms with E-state index in [9.17, 15) is 0 Å². The molecule has 0 spiro atoms. The Morgan fingerprint density at radius 1 is 1.40 bits per heavy atom. The van der Waals surface area contributed by atoms with Crippen LogP contribution in [-0.4, -0.2) is 6.54 Å². The third-order valence-corrected chi connectivity index (χ3v) is 3.52. The van der Waals surface area contributed by atoms with Gasteiger partial charge < -0.3 is 5.32 Å². The molecule has 1 unspecified atom stereocenters. The molecular weight excluding hydrogens is 252 g/mol. The third-order valence-electron chi connectivity index (χ3n) is 2.27. The highest BCUT2D eigenvalue weighted by molar-refractivity contribution is 9.10. The fourth-order valence-electron chi connectivity index (χ4n) is 1.36. The molecule has 0 aromatic heterocycles. The Morgan fingerprint density at radius 2 is 1.93 bits per heavy atom. The van der Waals surface area contributed by atoms with Gasteiger partial charge in [0.1, 0.15) is 0 Å². The molecule has 1 rings (SSSR count). The summed E-state index contributed by atoms with van der Waals surface area (Å²) in [7, 11) is 0. The minimum absolute atomic E-state index is 0.0364. The topological polar surface area (TPSA) is 35.8 Å². The van der Waals surface area contributed by atoms with Crippen molar-refractivity contribution in [2.24, 2.45) is 5.92 Å². The van der Waals surface area contributed by atoms with Crippen LogP contribution in [0.4, 0.5) is 5.69 Å². The Morgan fingerprint density at radius 3 is 2.40 bits per heavy atom. The highest BCUT2D eigenvalue weighted by Gasteiger charge is 2.03. The smallest absolute Gasteiger partial charge is 0.0671 e. The SMILES string of the molecule is Cc1cc(NCC(C)C#N)cc(C)c1Br. The molecule has 2 nitrogen and oxygen atoms in total. The molecule has 0 radical (unpaired) electrons. The summed E-state index contributed by atoms with van der Waals surface area (Å²) < 4.78 is 1.15. The molecule has 1 N–H and O–H groups in total. The molecule has 3 heteroatoms. The monoisotopic (exact) mass is 266 g/mol. The summed E-state index contributed by atoms with van der Waals surface area (Å²) in [5.41, 5.74) is 3.50. The van der Waals surface area contributed by atoms with Crippen LogP contribution in [0.25, 0.3) is 0 Å². The molecule has 15 heavy (non-hydrogen) atoms. The number of aryl methyl sites for hydroxylation is 2. The summed E-state index contributed by atoms with van der Waals surface area (Å²) in [6.07, 6.45) is 0. The number of benzene rings is 1. The summed E-state index contributed by atoms with van der Waals surface area (Å²) in [6, 6.07) is 6.37. The fraction of sp³-hybridized carbons (Fsp3) is 0.417. The molecule has 1 aromatic rings. The lowest BCUT2D eigenvalue weighted by Crippen LogP contribution is -2.09. The van der Waals surface area contributed by atoms with Crippen molar-refractivity contribution in [2.45, 2.75) is 20.8 Å². The highest BCUT2D eigenvalue weighted by atomic mass is 79.9. The van der Waals surface area contributed by atoms with Crippen LogP contribution in [0.2, 0.25) is 0 Å². The van der Waals surface area contributed by atoms with E-state index >= 15 is 0 Å². The van der Waals surface area contributed by atoms with Crippen LogP contribution in [0, 0.1) is 31.1 Å². The maximum Gasteiger partial charge on any atom is 0.0671 e. The minimum atomic E-state index is 0.0364. The lowest BCUT2D eigenvalue weighted by molar-refractivity contribution is 0.786. The van der Waals surface area contributed by atoms with Crippen molar-refractivity contribution in [1.82, 2.24) is 0 Å². The molecular formula is C12H15BrN2. The van der Waals surface area contributed by atoms with Gasteiger partial charge in [0.2, 0.25) is 0 Å². The second kappa shape index (κ2) is 5.18. The lowest BCUT2D eigenvalue weighted by Gasteiger charge is -2.11. The molecule has 0 saturated carbocycles.